The molecule has 134 valence electrons. The van der Waals surface area contributed by atoms with E-state index in [2.05, 4.69) is 35.3 Å². The molecule has 1 N–H and O–H groups in total. The molecule has 3 aromatic rings. The Morgan fingerprint density at radius 3 is 2.38 bits per heavy atom. The second kappa shape index (κ2) is 7.55. The molecule has 7 heteroatoms. The fourth-order valence-corrected chi connectivity index (χ4v) is 2.85. The molecule has 0 spiro atoms. The van der Waals surface area contributed by atoms with Crippen LogP contribution in [0.3, 0.4) is 0 Å². The molecule has 0 unspecified atom stereocenters. The lowest BCUT2D eigenvalue weighted by Crippen LogP contribution is -2.09. The van der Waals surface area contributed by atoms with Crippen molar-refractivity contribution in [2.24, 2.45) is 0 Å². The van der Waals surface area contributed by atoms with Crippen LogP contribution in [-0.2, 0) is 17.0 Å². The molecule has 3 rings (SSSR count). The van der Waals surface area contributed by atoms with Crippen molar-refractivity contribution < 1.29 is 9.90 Å². The maximum absolute atomic E-state index is 11.3. The first kappa shape index (κ1) is 18.5. The summed E-state index contributed by atoms with van der Waals surface area (Å²) in [5, 5.41) is 13.7. The highest BCUT2D eigenvalue weighted by atomic mass is 32.2. The SMILES string of the molecule is CC(S)(S)c1ncn(Cc2ccc(Cc3ccccc3C(=O)O)cc2)n1. The Hall–Kier alpha value is -2.25. The lowest BCUT2D eigenvalue weighted by atomic mass is 9.99. The summed E-state index contributed by atoms with van der Waals surface area (Å²) in [6.45, 7) is 2.42. The summed E-state index contributed by atoms with van der Waals surface area (Å²) in [5.74, 6) is -0.342. The number of hydrogen-bond donors (Lipinski definition) is 3. The van der Waals surface area contributed by atoms with E-state index in [1.165, 1.54) is 0 Å². The molecule has 0 aliphatic carbocycles. The average molecular weight is 386 g/mol. The molecule has 1 aromatic heterocycles. The fourth-order valence-electron chi connectivity index (χ4n) is 2.64. The maximum Gasteiger partial charge on any atom is 0.335 e. The van der Waals surface area contributed by atoms with E-state index in [-0.39, 0.29) is 0 Å². The van der Waals surface area contributed by atoms with Crippen LogP contribution in [0.25, 0.3) is 0 Å². The molecule has 0 aliphatic rings. The van der Waals surface area contributed by atoms with Crippen LogP contribution in [0.2, 0.25) is 0 Å². The topological polar surface area (TPSA) is 68.0 Å². The molecular weight excluding hydrogens is 366 g/mol. The molecule has 0 saturated heterocycles. The Labute approximate surface area is 162 Å². The van der Waals surface area contributed by atoms with E-state index in [4.69, 9.17) is 0 Å². The zero-order valence-electron chi connectivity index (χ0n) is 14.2. The zero-order chi connectivity index (χ0) is 18.7. The van der Waals surface area contributed by atoms with Gasteiger partial charge in [0.15, 0.2) is 5.82 Å². The average Bonchev–Trinajstić information content (AvgIpc) is 3.06. The van der Waals surface area contributed by atoms with Gasteiger partial charge in [-0.25, -0.2) is 14.5 Å². The van der Waals surface area contributed by atoms with Crippen LogP contribution >= 0.6 is 25.3 Å². The predicted octanol–water partition coefficient (Wildman–Crippen LogP) is 3.65. The number of hydrogen-bond acceptors (Lipinski definition) is 5. The van der Waals surface area contributed by atoms with Crippen molar-refractivity contribution in [3.63, 3.8) is 0 Å². The van der Waals surface area contributed by atoms with Crippen LogP contribution in [0.5, 0.6) is 0 Å². The minimum absolute atomic E-state index is 0.341. The Morgan fingerprint density at radius 1 is 1.12 bits per heavy atom. The van der Waals surface area contributed by atoms with Gasteiger partial charge in [0.05, 0.1) is 12.1 Å². The molecule has 26 heavy (non-hydrogen) atoms. The van der Waals surface area contributed by atoms with Crippen LogP contribution in [0.15, 0.2) is 54.9 Å². The second-order valence-corrected chi connectivity index (χ2v) is 8.38. The van der Waals surface area contributed by atoms with E-state index in [1.54, 1.807) is 23.1 Å². The van der Waals surface area contributed by atoms with Crippen molar-refractivity contribution in [2.75, 3.05) is 0 Å². The molecule has 2 aromatic carbocycles. The Bertz CT molecular complexity index is 915. The van der Waals surface area contributed by atoms with Crippen molar-refractivity contribution in [3.8, 4) is 0 Å². The summed E-state index contributed by atoms with van der Waals surface area (Å²) in [4.78, 5) is 15.5. The Kier molecular flexibility index (Phi) is 5.38. The van der Waals surface area contributed by atoms with Crippen molar-refractivity contribution in [3.05, 3.63) is 82.9 Å². The number of rotatable bonds is 6. The van der Waals surface area contributed by atoms with Gasteiger partial charge in [-0.3, -0.25) is 0 Å². The van der Waals surface area contributed by atoms with Gasteiger partial charge in [0.1, 0.15) is 10.4 Å². The van der Waals surface area contributed by atoms with E-state index in [9.17, 15) is 9.90 Å². The third-order valence-electron chi connectivity index (χ3n) is 3.97. The number of benzene rings is 2. The molecular formula is C19H19N3O2S2. The van der Waals surface area contributed by atoms with Crippen molar-refractivity contribution in [2.45, 2.75) is 24.0 Å². The minimum atomic E-state index is -0.903. The molecule has 1 heterocycles. The second-order valence-electron chi connectivity index (χ2n) is 6.24. The van der Waals surface area contributed by atoms with Crippen LogP contribution in [-0.4, -0.2) is 25.8 Å². The first-order valence-electron chi connectivity index (χ1n) is 8.06. The standard InChI is InChI=1S/C19H19N3O2S2/c1-19(25,26)18-20-12-22(21-18)11-14-8-6-13(7-9-14)10-15-4-2-3-5-16(15)17(23)24/h2-9,12,25-26H,10-11H2,1H3,(H,23,24). The largest absolute Gasteiger partial charge is 0.478 e. The molecule has 0 aliphatic heterocycles. The number of carboxylic acids is 1. The fraction of sp³-hybridized carbons (Fsp3) is 0.211. The first-order valence-corrected chi connectivity index (χ1v) is 8.96. The van der Waals surface area contributed by atoms with E-state index < -0.39 is 10.0 Å². The van der Waals surface area contributed by atoms with Crippen molar-refractivity contribution >= 4 is 31.2 Å². The van der Waals surface area contributed by atoms with Crippen LogP contribution in [0.4, 0.5) is 0 Å². The lowest BCUT2D eigenvalue weighted by molar-refractivity contribution is 0.0696. The quantitative estimate of drug-likeness (QED) is 0.448. The number of aromatic nitrogens is 3. The predicted molar refractivity (Wildman–Crippen MR) is 107 cm³/mol. The molecule has 0 amide bonds. The summed E-state index contributed by atoms with van der Waals surface area (Å²) in [6.07, 6.45) is 2.24. The van der Waals surface area contributed by atoms with Gasteiger partial charge in [-0.1, -0.05) is 42.5 Å². The van der Waals surface area contributed by atoms with Gasteiger partial charge in [0.25, 0.3) is 0 Å². The zero-order valence-corrected chi connectivity index (χ0v) is 16.0. The van der Waals surface area contributed by atoms with Gasteiger partial charge >= 0.3 is 5.97 Å². The summed E-state index contributed by atoms with van der Waals surface area (Å²) in [6, 6.07) is 15.1. The highest BCUT2D eigenvalue weighted by Crippen LogP contribution is 2.28. The monoisotopic (exact) mass is 385 g/mol. The van der Waals surface area contributed by atoms with Gasteiger partial charge in [0.2, 0.25) is 0 Å². The maximum atomic E-state index is 11.3. The van der Waals surface area contributed by atoms with E-state index in [0.717, 1.165) is 16.7 Å². The highest BCUT2D eigenvalue weighted by Gasteiger charge is 2.21. The summed E-state index contributed by atoms with van der Waals surface area (Å²) in [5.41, 5.74) is 3.28. The number of thiol groups is 2. The van der Waals surface area contributed by atoms with Crippen LogP contribution in [0, 0.1) is 0 Å². The van der Waals surface area contributed by atoms with Crippen LogP contribution in [0.1, 0.15) is 39.8 Å². The third kappa shape index (κ3) is 4.47. The molecule has 5 nitrogen and oxygen atoms in total. The van der Waals surface area contributed by atoms with Gasteiger partial charge in [-0.2, -0.15) is 30.4 Å². The van der Waals surface area contributed by atoms with Crippen molar-refractivity contribution in [1.29, 1.82) is 0 Å². The molecule has 0 bridgehead atoms. The van der Waals surface area contributed by atoms with Gasteiger partial charge < -0.3 is 5.11 Å². The normalized spacial score (nSPS) is 11.5. The van der Waals surface area contributed by atoms with Gasteiger partial charge in [0, 0.05) is 0 Å². The highest BCUT2D eigenvalue weighted by molar-refractivity contribution is 7.99. The summed E-state index contributed by atoms with van der Waals surface area (Å²) < 4.78 is 1.07. The Balaban J connectivity index is 1.71. The van der Waals surface area contributed by atoms with E-state index in [1.807, 2.05) is 43.3 Å². The molecule has 0 saturated carbocycles. The van der Waals surface area contributed by atoms with Crippen LogP contribution < -0.4 is 0 Å². The van der Waals surface area contributed by atoms with Gasteiger partial charge in [-0.15, -0.1) is 0 Å². The van der Waals surface area contributed by atoms with Crippen molar-refractivity contribution in [1.82, 2.24) is 14.8 Å². The number of carbonyl (C=O) groups is 1. The first-order chi connectivity index (χ1) is 12.3. The third-order valence-corrected chi connectivity index (χ3v) is 4.37. The lowest BCUT2D eigenvalue weighted by Gasteiger charge is -2.10. The minimum Gasteiger partial charge on any atom is -0.478 e. The Morgan fingerprint density at radius 2 is 1.77 bits per heavy atom. The number of aromatic carboxylic acids is 1. The van der Waals surface area contributed by atoms with E-state index >= 15 is 0 Å². The number of carboxylic acid groups (broad SMARTS) is 1. The van der Waals surface area contributed by atoms with E-state index in [0.29, 0.717) is 24.4 Å². The van der Waals surface area contributed by atoms with Gasteiger partial charge in [-0.05, 0) is 36.1 Å². The molecule has 0 atom stereocenters. The summed E-state index contributed by atoms with van der Waals surface area (Å²) in [7, 11) is 0. The smallest absolute Gasteiger partial charge is 0.335 e. The summed E-state index contributed by atoms with van der Waals surface area (Å²) >= 11 is 8.70. The molecule has 0 fully saturated rings. The molecule has 0 radical (unpaired) electrons. The number of nitrogens with zero attached hydrogens (tertiary/aromatic N) is 3.